The van der Waals surface area contributed by atoms with Crippen LogP contribution in [0, 0.1) is 11.8 Å². The lowest BCUT2D eigenvalue weighted by Gasteiger charge is -2.15. The monoisotopic (exact) mass is 292 g/mol. The highest BCUT2D eigenvalue weighted by atomic mass is 32.1. The summed E-state index contributed by atoms with van der Waals surface area (Å²) < 4.78 is 0. The molecule has 20 heavy (non-hydrogen) atoms. The van der Waals surface area contributed by atoms with E-state index in [1.165, 1.54) is 4.88 Å². The van der Waals surface area contributed by atoms with E-state index in [0.29, 0.717) is 6.42 Å². The van der Waals surface area contributed by atoms with Crippen molar-refractivity contribution >= 4 is 17.2 Å². The molecule has 2 heterocycles. The number of aliphatic hydroxyl groups is 1. The minimum Gasteiger partial charge on any atom is -0.395 e. The molecule has 1 aliphatic rings. The van der Waals surface area contributed by atoms with E-state index in [4.69, 9.17) is 5.11 Å². The van der Waals surface area contributed by atoms with Gasteiger partial charge < -0.3 is 10.4 Å². The molecule has 0 saturated carbocycles. The van der Waals surface area contributed by atoms with Crippen molar-refractivity contribution < 1.29 is 9.90 Å². The van der Waals surface area contributed by atoms with Gasteiger partial charge in [0, 0.05) is 54.8 Å². The van der Waals surface area contributed by atoms with E-state index in [0.717, 1.165) is 31.6 Å². The zero-order valence-corrected chi connectivity index (χ0v) is 12.5. The van der Waals surface area contributed by atoms with Gasteiger partial charge in [0.25, 0.3) is 0 Å². The van der Waals surface area contributed by atoms with Crippen molar-refractivity contribution in [3.63, 3.8) is 0 Å². The third-order valence-corrected chi connectivity index (χ3v) is 4.10. The van der Waals surface area contributed by atoms with Crippen molar-refractivity contribution in [1.29, 1.82) is 0 Å². The topological polar surface area (TPSA) is 52.6 Å². The summed E-state index contributed by atoms with van der Waals surface area (Å²) in [7, 11) is 0. The molecule has 1 aliphatic heterocycles. The standard InChI is InChI=1S/C15H20N2O2S/c1-12(19)16-14-5-6-17(9-14)10-15-8-13(11-20-15)4-2-3-7-18/h8,11,14,18H,3,5-7,9-10H2,1H3,(H,16,19). The molecule has 2 N–H and O–H groups in total. The second-order valence-electron chi connectivity index (χ2n) is 5.00. The Morgan fingerprint density at radius 2 is 2.50 bits per heavy atom. The molecular formula is C15H20N2O2S. The van der Waals surface area contributed by atoms with Gasteiger partial charge in [-0.25, -0.2) is 0 Å². The highest BCUT2D eigenvalue weighted by molar-refractivity contribution is 7.10. The van der Waals surface area contributed by atoms with Gasteiger partial charge in [-0.1, -0.05) is 11.8 Å². The first-order valence-electron chi connectivity index (χ1n) is 6.84. The summed E-state index contributed by atoms with van der Waals surface area (Å²) in [5, 5.41) is 13.7. The van der Waals surface area contributed by atoms with Crippen LogP contribution in [-0.2, 0) is 11.3 Å². The molecule has 0 aromatic carbocycles. The van der Waals surface area contributed by atoms with Gasteiger partial charge in [-0.3, -0.25) is 9.69 Å². The molecule has 2 rings (SSSR count). The highest BCUT2D eigenvalue weighted by Crippen LogP contribution is 2.19. The summed E-state index contributed by atoms with van der Waals surface area (Å²) in [5.41, 5.74) is 1.02. The number of thiophene rings is 1. The van der Waals surface area contributed by atoms with Gasteiger partial charge in [0.15, 0.2) is 0 Å². The Morgan fingerprint density at radius 1 is 1.65 bits per heavy atom. The summed E-state index contributed by atoms with van der Waals surface area (Å²) in [4.78, 5) is 14.7. The Labute approximate surface area is 123 Å². The van der Waals surface area contributed by atoms with E-state index < -0.39 is 0 Å². The van der Waals surface area contributed by atoms with Crippen LogP contribution in [0.5, 0.6) is 0 Å². The van der Waals surface area contributed by atoms with E-state index in [9.17, 15) is 4.79 Å². The summed E-state index contributed by atoms with van der Waals surface area (Å²) in [6.45, 7) is 4.54. The largest absolute Gasteiger partial charge is 0.395 e. The number of nitrogens with one attached hydrogen (secondary N) is 1. The SMILES string of the molecule is CC(=O)NC1CCN(Cc2cc(C#CCCO)cs2)C1. The molecule has 4 nitrogen and oxygen atoms in total. The lowest BCUT2D eigenvalue weighted by molar-refractivity contribution is -0.119. The Morgan fingerprint density at radius 3 is 3.25 bits per heavy atom. The first kappa shape index (κ1) is 15.0. The van der Waals surface area contributed by atoms with Crippen LogP contribution in [0.1, 0.15) is 30.2 Å². The Bertz CT molecular complexity index is 515. The van der Waals surface area contributed by atoms with Crippen LogP contribution in [0.3, 0.4) is 0 Å². The molecule has 1 atom stereocenters. The van der Waals surface area contributed by atoms with E-state index in [-0.39, 0.29) is 18.6 Å². The maximum absolute atomic E-state index is 11.0. The summed E-state index contributed by atoms with van der Waals surface area (Å²) in [6.07, 6.45) is 1.55. The summed E-state index contributed by atoms with van der Waals surface area (Å²) in [6, 6.07) is 2.40. The number of amides is 1. The van der Waals surface area contributed by atoms with Gasteiger partial charge in [-0.05, 0) is 12.5 Å². The van der Waals surface area contributed by atoms with Crippen molar-refractivity contribution in [3.8, 4) is 11.8 Å². The molecule has 0 spiro atoms. The summed E-state index contributed by atoms with van der Waals surface area (Å²) in [5.74, 6) is 6.03. The van der Waals surface area contributed by atoms with Crippen LogP contribution in [0.2, 0.25) is 0 Å². The van der Waals surface area contributed by atoms with Gasteiger partial charge >= 0.3 is 0 Å². The number of hydrogen-bond donors (Lipinski definition) is 2. The second-order valence-corrected chi connectivity index (χ2v) is 5.99. The fourth-order valence-electron chi connectivity index (χ4n) is 2.35. The lowest BCUT2D eigenvalue weighted by atomic mass is 10.2. The second kappa shape index (κ2) is 7.44. The minimum absolute atomic E-state index is 0.0504. The lowest BCUT2D eigenvalue weighted by Crippen LogP contribution is -2.35. The van der Waals surface area contributed by atoms with Crippen LogP contribution < -0.4 is 5.32 Å². The van der Waals surface area contributed by atoms with Gasteiger partial charge in [0.2, 0.25) is 5.91 Å². The Balaban J connectivity index is 1.83. The minimum atomic E-state index is 0.0504. The third kappa shape index (κ3) is 4.64. The zero-order valence-electron chi connectivity index (χ0n) is 11.7. The molecule has 1 saturated heterocycles. The molecule has 1 amide bonds. The maximum atomic E-state index is 11.0. The maximum Gasteiger partial charge on any atom is 0.217 e. The van der Waals surface area contributed by atoms with E-state index in [2.05, 4.69) is 33.5 Å². The van der Waals surface area contributed by atoms with E-state index in [1.54, 1.807) is 18.3 Å². The molecule has 1 aromatic rings. The van der Waals surface area contributed by atoms with Crippen molar-refractivity contribution in [1.82, 2.24) is 10.2 Å². The van der Waals surface area contributed by atoms with Gasteiger partial charge in [0.05, 0.1) is 6.61 Å². The fourth-order valence-corrected chi connectivity index (χ4v) is 3.21. The predicted octanol–water partition coefficient (Wildman–Crippen LogP) is 1.19. The number of likely N-dealkylation sites (tertiary alicyclic amines) is 1. The quantitative estimate of drug-likeness (QED) is 0.820. The first-order valence-corrected chi connectivity index (χ1v) is 7.72. The number of hydrogen-bond acceptors (Lipinski definition) is 4. The number of aliphatic hydroxyl groups excluding tert-OH is 1. The molecule has 5 heteroatoms. The number of carbonyl (C=O) groups is 1. The number of nitrogens with zero attached hydrogens (tertiary/aromatic N) is 1. The van der Waals surface area contributed by atoms with Crippen molar-refractivity contribution in [2.45, 2.75) is 32.4 Å². The van der Waals surface area contributed by atoms with Crippen molar-refractivity contribution in [3.05, 3.63) is 21.9 Å². The third-order valence-electron chi connectivity index (χ3n) is 3.18. The van der Waals surface area contributed by atoms with Crippen LogP contribution in [0.15, 0.2) is 11.4 Å². The van der Waals surface area contributed by atoms with Gasteiger partial charge in [-0.15, -0.1) is 11.3 Å². The fraction of sp³-hybridized carbons (Fsp3) is 0.533. The normalized spacial score (nSPS) is 18.6. The van der Waals surface area contributed by atoms with Gasteiger partial charge in [0.1, 0.15) is 0 Å². The van der Waals surface area contributed by atoms with Crippen LogP contribution in [-0.4, -0.2) is 41.7 Å². The average molecular weight is 292 g/mol. The highest BCUT2D eigenvalue weighted by Gasteiger charge is 2.23. The molecule has 1 aromatic heterocycles. The summed E-state index contributed by atoms with van der Waals surface area (Å²) >= 11 is 1.72. The first-order chi connectivity index (χ1) is 9.67. The molecule has 1 unspecified atom stereocenters. The number of carbonyl (C=O) groups excluding carboxylic acids is 1. The Kier molecular flexibility index (Phi) is 5.60. The molecule has 108 valence electrons. The predicted molar refractivity (Wildman–Crippen MR) is 80.4 cm³/mol. The molecule has 0 bridgehead atoms. The molecule has 0 radical (unpaired) electrons. The van der Waals surface area contributed by atoms with Crippen LogP contribution in [0.25, 0.3) is 0 Å². The number of rotatable bonds is 4. The zero-order chi connectivity index (χ0) is 14.4. The van der Waals surface area contributed by atoms with Crippen LogP contribution in [0.4, 0.5) is 0 Å². The van der Waals surface area contributed by atoms with E-state index >= 15 is 0 Å². The van der Waals surface area contributed by atoms with E-state index in [1.807, 2.05) is 0 Å². The molecular weight excluding hydrogens is 272 g/mol. The smallest absolute Gasteiger partial charge is 0.217 e. The molecule has 1 fully saturated rings. The van der Waals surface area contributed by atoms with Crippen molar-refractivity contribution in [2.24, 2.45) is 0 Å². The average Bonchev–Trinajstić information content (AvgIpc) is 3.00. The Hall–Kier alpha value is -1.35. The van der Waals surface area contributed by atoms with Crippen LogP contribution >= 0.6 is 11.3 Å². The molecule has 0 aliphatic carbocycles. The van der Waals surface area contributed by atoms with Gasteiger partial charge in [-0.2, -0.15) is 0 Å². The van der Waals surface area contributed by atoms with Crippen molar-refractivity contribution in [2.75, 3.05) is 19.7 Å².